The van der Waals surface area contributed by atoms with Gasteiger partial charge in [0.1, 0.15) is 11.5 Å². The monoisotopic (exact) mass is 360 g/mol. The Morgan fingerprint density at radius 2 is 1.59 bits per heavy atom. The van der Waals surface area contributed by atoms with E-state index in [1.54, 1.807) is 24.3 Å². The van der Waals surface area contributed by atoms with Gasteiger partial charge in [0.2, 0.25) is 0 Å². The fraction of sp³-hybridized carbons (Fsp3) is 0.130. The second-order valence-electron chi connectivity index (χ2n) is 6.12. The molecular weight excluding hydrogens is 340 g/mol. The van der Waals surface area contributed by atoms with Gasteiger partial charge in [-0.2, -0.15) is 0 Å². The van der Waals surface area contributed by atoms with Crippen molar-refractivity contribution in [2.45, 2.75) is 13.3 Å². The molecule has 3 rings (SSSR count). The standard InChI is InChI=1S/C23H20O4/c1-17(24)19-11-7-12-21(15-19)27-23(25)16-26-22-13-6-5-10-20(22)14-18-8-3-2-4-9-18/h2-13,15H,14,16H2,1H3. The SMILES string of the molecule is CC(=O)c1cccc(OC(=O)COc2ccccc2Cc2ccccc2)c1. The van der Waals surface area contributed by atoms with Crippen molar-refractivity contribution in [2.24, 2.45) is 0 Å². The van der Waals surface area contributed by atoms with Crippen LogP contribution < -0.4 is 9.47 Å². The maximum Gasteiger partial charge on any atom is 0.349 e. The third-order valence-corrected chi connectivity index (χ3v) is 4.03. The molecule has 0 saturated heterocycles. The Morgan fingerprint density at radius 3 is 2.37 bits per heavy atom. The maximum atomic E-state index is 12.1. The molecule has 4 nitrogen and oxygen atoms in total. The highest BCUT2D eigenvalue weighted by Gasteiger charge is 2.10. The molecular formula is C23H20O4. The first-order valence-electron chi connectivity index (χ1n) is 8.68. The lowest BCUT2D eigenvalue weighted by molar-refractivity contribution is -0.136. The van der Waals surface area contributed by atoms with Gasteiger partial charge in [-0.15, -0.1) is 0 Å². The summed E-state index contributed by atoms with van der Waals surface area (Å²) in [5.74, 6) is 0.369. The van der Waals surface area contributed by atoms with Crippen LogP contribution in [0.5, 0.6) is 11.5 Å². The third kappa shape index (κ3) is 5.28. The van der Waals surface area contributed by atoms with Gasteiger partial charge < -0.3 is 9.47 Å². The van der Waals surface area contributed by atoms with Crippen molar-refractivity contribution in [3.63, 3.8) is 0 Å². The lowest BCUT2D eigenvalue weighted by atomic mass is 10.0. The third-order valence-electron chi connectivity index (χ3n) is 4.03. The fourth-order valence-corrected chi connectivity index (χ4v) is 2.68. The number of carbonyl (C=O) groups is 2. The van der Waals surface area contributed by atoms with Crippen LogP contribution in [0.4, 0.5) is 0 Å². The molecule has 0 aliphatic rings. The van der Waals surface area contributed by atoms with Crippen molar-refractivity contribution in [2.75, 3.05) is 6.61 Å². The molecule has 0 radical (unpaired) electrons. The number of esters is 1. The van der Waals surface area contributed by atoms with E-state index in [1.807, 2.05) is 54.6 Å². The molecule has 0 N–H and O–H groups in total. The van der Waals surface area contributed by atoms with E-state index in [4.69, 9.17) is 9.47 Å². The van der Waals surface area contributed by atoms with Crippen LogP contribution in [0, 0.1) is 0 Å². The molecule has 0 heterocycles. The summed E-state index contributed by atoms with van der Waals surface area (Å²) in [5, 5.41) is 0. The van der Waals surface area contributed by atoms with Crippen molar-refractivity contribution < 1.29 is 19.1 Å². The van der Waals surface area contributed by atoms with Gasteiger partial charge in [0.25, 0.3) is 0 Å². The Labute approximate surface area is 158 Å². The first-order valence-corrected chi connectivity index (χ1v) is 8.68. The van der Waals surface area contributed by atoms with Gasteiger partial charge in [0, 0.05) is 12.0 Å². The van der Waals surface area contributed by atoms with Gasteiger partial charge in [-0.1, -0.05) is 60.7 Å². The topological polar surface area (TPSA) is 52.6 Å². The van der Waals surface area contributed by atoms with Crippen LogP contribution in [-0.4, -0.2) is 18.4 Å². The summed E-state index contributed by atoms with van der Waals surface area (Å²) in [7, 11) is 0. The minimum atomic E-state index is -0.523. The summed E-state index contributed by atoms with van der Waals surface area (Å²) in [6, 6.07) is 24.2. The molecule has 0 aliphatic carbocycles. The van der Waals surface area contributed by atoms with E-state index in [1.165, 1.54) is 6.92 Å². The number of ether oxygens (including phenoxy) is 2. The molecule has 136 valence electrons. The van der Waals surface area contributed by atoms with Crippen LogP contribution in [-0.2, 0) is 11.2 Å². The second kappa shape index (κ2) is 8.81. The van der Waals surface area contributed by atoms with E-state index < -0.39 is 5.97 Å². The number of benzene rings is 3. The Hall–Kier alpha value is -3.40. The van der Waals surface area contributed by atoms with Gasteiger partial charge in [-0.25, -0.2) is 4.79 Å². The van der Waals surface area contributed by atoms with Crippen molar-refractivity contribution in [1.29, 1.82) is 0 Å². The van der Waals surface area contributed by atoms with Crippen LogP contribution in [0.15, 0.2) is 78.9 Å². The molecule has 0 spiro atoms. The summed E-state index contributed by atoms with van der Waals surface area (Å²) in [4.78, 5) is 23.5. The van der Waals surface area contributed by atoms with E-state index in [2.05, 4.69) is 0 Å². The maximum absolute atomic E-state index is 12.1. The quantitative estimate of drug-likeness (QED) is 0.354. The molecule has 0 aliphatic heterocycles. The Morgan fingerprint density at radius 1 is 0.852 bits per heavy atom. The highest BCUT2D eigenvalue weighted by molar-refractivity contribution is 5.94. The number of Topliss-reactive ketones (excluding diaryl/α,β-unsaturated/α-hetero) is 1. The minimum absolute atomic E-state index is 0.0843. The molecule has 3 aromatic carbocycles. The lowest BCUT2D eigenvalue weighted by Crippen LogP contribution is -2.18. The van der Waals surface area contributed by atoms with E-state index in [0.29, 0.717) is 23.5 Å². The zero-order valence-electron chi connectivity index (χ0n) is 15.1. The largest absolute Gasteiger partial charge is 0.482 e. The van der Waals surface area contributed by atoms with Crippen LogP contribution in [0.25, 0.3) is 0 Å². The van der Waals surface area contributed by atoms with Crippen LogP contribution in [0.2, 0.25) is 0 Å². The number of hydrogen-bond donors (Lipinski definition) is 0. The zero-order chi connectivity index (χ0) is 19.1. The number of para-hydroxylation sites is 1. The zero-order valence-corrected chi connectivity index (χ0v) is 15.1. The first-order chi connectivity index (χ1) is 13.1. The van der Waals surface area contributed by atoms with Crippen molar-refractivity contribution in [1.82, 2.24) is 0 Å². The van der Waals surface area contributed by atoms with Crippen LogP contribution in [0.1, 0.15) is 28.4 Å². The molecule has 4 heteroatoms. The van der Waals surface area contributed by atoms with Crippen molar-refractivity contribution in [3.8, 4) is 11.5 Å². The predicted molar refractivity (Wildman–Crippen MR) is 103 cm³/mol. The van der Waals surface area contributed by atoms with E-state index in [-0.39, 0.29) is 12.4 Å². The van der Waals surface area contributed by atoms with Gasteiger partial charge in [0.05, 0.1) is 0 Å². The molecule has 0 unspecified atom stereocenters. The summed E-state index contributed by atoms with van der Waals surface area (Å²) in [5.41, 5.74) is 2.65. The van der Waals surface area contributed by atoms with E-state index in [9.17, 15) is 9.59 Å². The molecule has 27 heavy (non-hydrogen) atoms. The second-order valence-corrected chi connectivity index (χ2v) is 6.12. The summed E-state index contributed by atoms with van der Waals surface area (Å²) >= 11 is 0. The minimum Gasteiger partial charge on any atom is -0.482 e. The first kappa shape index (κ1) is 18.4. The Bertz CT molecular complexity index is 932. The average Bonchev–Trinajstić information content (AvgIpc) is 2.68. The predicted octanol–water partition coefficient (Wildman–Crippen LogP) is 4.46. The normalized spacial score (nSPS) is 10.3. The van der Waals surface area contributed by atoms with Crippen LogP contribution in [0.3, 0.4) is 0 Å². The molecule has 0 amide bonds. The molecule has 0 saturated carbocycles. The number of carbonyl (C=O) groups excluding carboxylic acids is 2. The molecule has 0 aromatic heterocycles. The average molecular weight is 360 g/mol. The Kier molecular flexibility index (Phi) is 6.00. The van der Waals surface area contributed by atoms with Gasteiger partial charge >= 0.3 is 5.97 Å². The molecule has 0 bridgehead atoms. The molecule has 3 aromatic rings. The van der Waals surface area contributed by atoms with Crippen molar-refractivity contribution in [3.05, 3.63) is 95.6 Å². The lowest BCUT2D eigenvalue weighted by Gasteiger charge is -2.11. The number of rotatable bonds is 7. The van der Waals surface area contributed by atoms with Gasteiger partial charge in [-0.3, -0.25) is 4.79 Å². The van der Waals surface area contributed by atoms with E-state index >= 15 is 0 Å². The van der Waals surface area contributed by atoms with Crippen molar-refractivity contribution >= 4 is 11.8 Å². The summed E-state index contributed by atoms with van der Waals surface area (Å²) in [6.07, 6.45) is 0.715. The van der Waals surface area contributed by atoms with Crippen LogP contribution >= 0.6 is 0 Å². The highest BCUT2D eigenvalue weighted by atomic mass is 16.6. The Balaban J connectivity index is 1.62. The van der Waals surface area contributed by atoms with E-state index in [0.717, 1.165) is 11.1 Å². The number of ketones is 1. The van der Waals surface area contributed by atoms with Gasteiger partial charge in [0.15, 0.2) is 12.4 Å². The molecule has 0 atom stereocenters. The number of hydrogen-bond acceptors (Lipinski definition) is 4. The summed E-state index contributed by atoms with van der Waals surface area (Å²) in [6.45, 7) is 1.25. The summed E-state index contributed by atoms with van der Waals surface area (Å²) < 4.78 is 10.9. The van der Waals surface area contributed by atoms with Gasteiger partial charge in [-0.05, 0) is 36.2 Å². The molecule has 0 fully saturated rings. The highest BCUT2D eigenvalue weighted by Crippen LogP contribution is 2.21. The fourth-order valence-electron chi connectivity index (χ4n) is 2.68. The smallest absolute Gasteiger partial charge is 0.349 e.